The molecule has 0 atom stereocenters. The second kappa shape index (κ2) is 50.3. The SMILES string of the molecule is CCCCCCCC/C=C\CCCCCCCC(=O)OB(OC(=O)CCCCCCC/C=C\CCCCCCCC)OC(=O)CCCCCCC/C=C\CCCCCCCC. The van der Waals surface area contributed by atoms with Crippen molar-refractivity contribution < 1.29 is 28.3 Å². The summed E-state index contributed by atoms with van der Waals surface area (Å²) < 4.78 is 16.3. The maximum Gasteiger partial charge on any atom is 0.870 e. The Morgan fingerprint density at radius 1 is 0.279 bits per heavy atom. The second-order valence-electron chi connectivity index (χ2n) is 17.8. The van der Waals surface area contributed by atoms with E-state index in [1.807, 2.05) is 0 Å². The summed E-state index contributed by atoms with van der Waals surface area (Å²) >= 11 is 0. The van der Waals surface area contributed by atoms with Gasteiger partial charge in [-0.3, -0.25) is 14.4 Å². The third-order valence-corrected chi connectivity index (χ3v) is 11.6. The van der Waals surface area contributed by atoms with Crippen LogP contribution in [0.4, 0.5) is 0 Å². The normalized spacial score (nSPS) is 11.7. The first kappa shape index (κ1) is 58.7. The van der Waals surface area contributed by atoms with E-state index in [4.69, 9.17) is 14.0 Å². The van der Waals surface area contributed by atoms with Gasteiger partial charge in [-0.25, -0.2) is 0 Å². The van der Waals surface area contributed by atoms with Crippen molar-refractivity contribution in [3.8, 4) is 0 Å². The van der Waals surface area contributed by atoms with Crippen LogP contribution in [0, 0.1) is 0 Å². The third kappa shape index (κ3) is 48.6. The molecular weight excluding hydrogens is 755 g/mol. The quantitative estimate of drug-likeness (QED) is 0.0345. The molecule has 0 aromatic carbocycles. The molecule has 0 aromatic heterocycles. The van der Waals surface area contributed by atoms with Crippen molar-refractivity contribution in [3.05, 3.63) is 36.5 Å². The Morgan fingerprint density at radius 3 is 0.672 bits per heavy atom. The Balaban J connectivity index is 4.42. The van der Waals surface area contributed by atoms with Crippen LogP contribution in [0.15, 0.2) is 36.5 Å². The zero-order valence-electron chi connectivity index (χ0n) is 40.7. The lowest BCUT2D eigenvalue weighted by Crippen LogP contribution is -2.34. The Hall–Kier alpha value is -2.31. The third-order valence-electron chi connectivity index (χ3n) is 11.6. The maximum atomic E-state index is 12.7. The molecule has 0 heterocycles. The highest BCUT2D eigenvalue weighted by Gasteiger charge is 2.36. The topological polar surface area (TPSA) is 78.9 Å². The molecule has 354 valence electrons. The van der Waals surface area contributed by atoms with Gasteiger partial charge >= 0.3 is 7.32 Å². The molecule has 0 fully saturated rings. The summed E-state index contributed by atoms with van der Waals surface area (Å²) in [5.41, 5.74) is 0. The van der Waals surface area contributed by atoms with Gasteiger partial charge < -0.3 is 14.0 Å². The predicted molar refractivity (Wildman–Crippen MR) is 262 cm³/mol. The molecule has 61 heavy (non-hydrogen) atoms. The van der Waals surface area contributed by atoms with Gasteiger partial charge in [0.2, 0.25) is 0 Å². The molecule has 7 heteroatoms. The number of carbonyl (C=O) groups excluding carboxylic acids is 3. The molecule has 0 N–H and O–H groups in total. The van der Waals surface area contributed by atoms with Crippen LogP contribution in [-0.4, -0.2) is 25.2 Å². The van der Waals surface area contributed by atoms with Crippen molar-refractivity contribution >= 4 is 25.2 Å². The molecule has 0 aliphatic rings. The summed E-state index contributed by atoms with van der Waals surface area (Å²) in [4.78, 5) is 38.2. The Morgan fingerprint density at radius 2 is 0.459 bits per heavy atom. The zero-order chi connectivity index (χ0) is 44.4. The van der Waals surface area contributed by atoms with Gasteiger partial charge in [0.05, 0.1) is 0 Å². The first-order chi connectivity index (χ1) is 30.0. The smallest absolute Gasteiger partial charge is 0.462 e. The van der Waals surface area contributed by atoms with E-state index in [1.54, 1.807) is 0 Å². The lowest BCUT2D eigenvalue weighted by Gasteiger charge is -2.14. The van der Waals surface area contributed by atoms with Crippen molar-refractivity contribution in [2.75, 3.05) is 0 Å². The number of unbranched alkanes of at least 4 members (excludes halogenated alkanes) is 33. The van der Waals surface area contributed by atoms with Crippen molar-refractivity contribution in [1.29, 1.82) is 0 Å². The Kier molecular flexibility index (Phi) is 48.4. The highest BCUT2D eigenvalue weighted by Crippen LogP contribution is 2.15. The fraction of sp³-hybridized carbons (Fsp3) is 0.833. The van der Waals surface area contributed by atoms with E-state index in [0.717, 1.165) is 77.0 Å². The van der Waals surface area contributed by atoms with Crippen molar-refractivity contribution in [1.82, 2.24) is 0 Å². The number of rotatable bonds is 48. The largest absolute Gasteiger partial charge is 0.870 e. The number of allylic oxidation sites excluding steroid dienone is 6. The maximum absolute atomic E-state index is 12.7. The van der Waals surface area contributed by atoms with Crippen LogP contribution in [0.2, 0.25) is 0 Å². The van der Waals surface area contributed by atoms with Gasteiger partial charge in [-0.2, -0.15) is 0 Å². The van der Waals surface area contributed by atoms with Crippen molar-refractivity contribution in [2.45, 2.75) is 290 Å². The van der Waals surface area contributed by atoms with Crippen molar-refractivity contribution in [2.24, 2.45) is 0 Å². The van der Waals surface area contributed by atoms with E-state index in [9.17, 15) is 14.4 Å². The van der Waals surface area contributed by atoms with Crippen LogP contribution >= 0.6 is 0 Å². The molecule has 0 rings (SSSR count). The minimum atomic E-state index is -1.61. The van der Waals surface area contributed by atoms with Crippen LogP contribution in [-0.2, 0) is 28.3 Å². The molecule has 0 aliphatic carbocycles. The molecule has 0 saturated heterocycles. The second-order valence-corrected chi connectivity index (χ2v) is 17.8. The first-order valence-corrected chi connectivity index (χ1v) is 26.6. The molecule has 0 aromatic rings. The molecule has 0 aliphatic heterocycles. The lowest BCUT2D eigenvalue weighted by molar-refractivity contribution is -0.148. The number of carbonyl (C=O) groups is 3. The van der Waals surface area contributed by atoms with E-state index >= 15 is 0 Å². The lowest BCUT2D eigenvalue weighted by atomic mass is 10.1. The van der Waals surface area contributed by atoms with Gasteiger partial charge in [0, 0.05) is 19.3 Å². The van der Waals surface area contributed by atoms with E-state index in [0.29, 0.717) is 19.3 Å². The summed E-state index contributed by atoms with van der Waals surface area (Å²) in [6.07, 6.45) is 60.7. The molecular formula is C54H99BO6. The molecule has 6 nitrogen and oxygen atoms in total. The van der Waals surface area contributed by atoms with Gasteiger partial charge in [0.25, 0.3) is 17.9 Å². The minimum absolute atomic E-state index is 0.215. The van der Waals surface area contributed by atoms with Gasteiger partial charge in [-0.1, -0.05) is 211 Å². The van der Waals surface area contributed by atoms with Crippen LogP contribution in [0.3, 0.4) is 0 Å². The first-order valence-electron chi connectivity index (χ1n) is 26.6. The van der Waals surface area contributed by atoms with E-state index in [-0.39, 0.29) is 19.3 Å². The summed E-state index contributed by atoms with van der Waals surface area (Å²) in [7, 11) is -1.61. The summed E-state index contributed by atoms with van der Waals surface area (Å²) in [5.74, 6) is -1.49. The molecule has 0 spiro atoms. The van der Waals surface area contributed by atoms with Gasteiger partial charge in [0.15, 0.2) is 0 Å². The average Bonchev–Trinajstić information content (AvgIpc) is 3.25. The van der Waals surface area contributed by atoms with E-state index in [2.05, 4.69) is 57.2 Å². The highest BCUT2D eigenvalue weighted by atomic mass is 16.8. The van der Waals surface area contributed by atoms with E-state index in [1.165, 1.54) is 154 Å². The van der Waals surface area contributed by atoms with Crippen LogP contribution < -0.4 is 0 Å². The predicted octanol–water partition coefficient (Wildman–Crippen LogP) is 17.7. The fourth-order valence-corrected chi connectivity index (χ4v) is 7.59. The van der Waals surface area contributed by atoms with Gasteiger partial charge in [-0.05, 0) is 96.3 Å². The van der Waals surface area contributed by atoms with Crippen molar-refractivity contribution in [3.63, 3.8) is 0 Å². The number of hydrogen-bond acceptors (Lipinski definition) is 6. The van der Waals surface area contributed by atoms with Crippen LogP contribution in [0.1, 0.15) is 290 Å². The molecule has 0 saturated carbocycles. The molecule has 0 amide bonds. The van der Waals surface area contributed by atoms with Gasteiger partial charge in [0.1, 0.15) is 0 Å². The van der Waals surface area contributed by atoms with E-state index < -0.39 is 25.2 Å². The minimum Gasteiger partial charge on any atom is -0.462 e. The van der Waals surface area contributed by atoms with Gasteiger partial charge in [-0.15, -0.1) is 0 Å². The summed E-state index contributed by atoms with van der Waals surface area (Å²) in [6, 6.07) is 0. The standard InChI is InChI=1S/C54H99BO6/c1-4-7-10-13-16-19-22-25-28-31-34-37-40-43-46-49-52(56)59-55(60-53(57)50-47-44-41-38-35-32-29-26-23-20-17-14-11-8-5-2)61-54(58)51-48-45-42-39-36-33-30-27-24-21-18-15-12-9-6-3/h25-30H,4-24,31-51H2,1-3H3/b28-25-,29-26-,30-27-. The average molecular weight is 855 g/mol. The zero-order valence-corrected chi connectivity index (χ0v) is 40.7. The molecule has 0 bridgehead atoms. The monoisotopic (exact) mass is 855 g/mol. The van der Waals surface area contributed by atoms with Crippen LogP contribution in [0.5, 0.6) is 0 Å². The number of hydrogen-bond donors (Lipinski definition) is 0. The highest BCUT2D eigenvalue weighted by molar-refractivity contribution is 6.44. The Bertz CT molecular complexity index is 910. The molecule has 0 radical (unpaired) electrons. The fourth-order valence-electron chi connectivity index (χ4n) is 7.59. The Labute approximate surface area is 379 Å². The summed E-state index contributed by atoms with van der Waals surface area (Å²) in [5, 5.41) is 0. The van der Waals surface area contributed by atoms with Crippen LogP contribution in [0.25, 0.3) is 0 Å². The summed E-state index contributed by atoms with van der Waals surface area (Å²) in [6.45, 7) is 6.78. The molecule has 0 unspecified atom stereocenters.